The van der Waals surface area contributed by atoms with E-state index in [1.165, 1.54) is 12.3 Å². The second-order valence-electron chi connectivity index (χ2n) is 3.68. The number of aromatic carboxylic acids is 1. The highest BCUT2D eigenvalue weighted by Crippen LogP contribution is 2.21. The van der Waals surface area contributed by atoms with Crippen molar-refractivity contribution in [1.82, 2.24) is 9.97 Å². The summed E-state index contributed by atoms with van der Waals surface area (Å²) in [6.45, 7) is 1.79. The Hall–Kier alpha value is -2.43. The number of hydrogen-bond acceptors (Lipinski definition) is 4. The molecule has 1 N–H and O–H groups in total. The molecule has 0 radical (unpaired) electrons. The van der Waals surface area contributed by atoms with E-state index in [1.807, 2.05) is 12.1 Å². The molecule has 92 valence electrons. The van der Waals surface area contributed by atoms with E-state index in [1.54, 1.807) is 25.3 Å². The van der Waals surface area contributed by atoms with Crippen LogP contribution in [0.2, 0.25) is 0 Å². The SMILES string of the molecule is CC(Oc1ncccc1C(=O)O)c1ccccn1. The number of aromatic nitrogens is 2. The zero-order valence-electron chi connectivity index (χ0n) is 9.78. The topological polar surface area (TPSA) is 72.3 Å². The molecule has 5 nitrogen and oxygen atoms in total. The molecule has 0 amide bonds. The number of rotatable bonds is 4. The summed E-state index contributed by atoms with van der Waals surface area (Å²) in [5.41, 5.74) is 0.764. The first kappa shape index (κ1) is 12.0. The Morgan fingerprint density at radius 3 is 2.67 bits per heavy atom. The molecule has 0 spiro atoms. The Labute approximate surface area is 104 Å². The van der Waals surface area contributed by atoms with Gasteiger partial charge in [0.05, 0.1) is 5.69 Å². The van der Waals surface area contributed by atoms with E-state index >= 15 is 0 Å². The maximum atomic E-state index is 11.0. The fraction of sp³-hybridized carbons (Fsp3) is 0.154. The van der Waals surface area contributed by atoms with Crippen molar-refractivity contribution in [2.75, 3.05) is 0 Å². The van der Waals surface area contributed by atoms with Crippen LogP contribution in [0.25, 0.3) is 0 Å². The normalized spacial score (nSPS) is 11.8. The molecule has 0 aliphatic heterocycles. The van der Waals surface area contributed by atoms with Crippen molar-refractivity contribution >= 4 is 5.97 Å². The van der Waals surface area contributed by atoms with Crippen molar-refractivity contribution in [1.29, 1.82) is 0 Å². The van der Waals surface area contributed by atoms with Crippen LogP contribution >= 0.6 is 0 Å². The third-order valence-electron chi connectivity index (χ3n) is 2.39. The second kappa shape index (κ2) is 5.27. The van der Waals surface area contributed by atoms with Gasteiger partial charge < -0.3 is 9.84 Å². The molecule has 5 heteroatoms. The predicted molar refractivity (Wildman–Crippen MR) is 64.5 cm³/mol. The van der Waals surface area contributed by atoms with Crippen molar-refractivity contribution < 1.29 is 14.6 Å². The van der Waals surface area contributed by atoms with E-state index in [0.717, 1.165) is 5.69 Å². The Morgan fingerprint density at radius 1 is 1.22 bits per heavy atom. The molecule has 2 heterocycles. The van der Waals surface area contributed by atoms with Gasteiger partial charge in [0.15, 0.2) is 0 Å². The minimum atomic E-state index is -1.06. The van der Waals surface area contributed by atoms with Gasteiger partial charge in [-0.1, -0.05) is 6.07 Å². The number of carbonyl (C=O) groups is 1. The summed E-state index contributed by atoms with van der Waals surface area (Å²) >= 11 is 0. The summed E-state index contributed by atoms with van der Waals surface area (Å²) < 4.78 is 5.54. The van der Waals surface area contributed by atoms with Crippen molar-refractivity contribution in [3.63, 3.8) is 0 Å². The van der Waals surface area contributed by atoms with Gasteiger partial charge in [0, 0.05) is 12.4 Å². The summed E-state index contributed by atoms with van der Waals surface area (Å²) in [7, 11) is 0. The van der Waals surface area contributed by atoms with Crippen LogP contribution in [0.3, 0.4) is 0 Å². The van der Waals surface area contributed by atoms with Crippen LogP contribution in [0.4, 0.5) is 0 Å². The summed E-state index contributed by atoms with van der Waals surface area (Å²) in [5, 5.41) is 9.01. The molecule has 0 aromatic carbocycles. The average Bonchev–Trinajstić information content (AvgIpc) is 2.40. The summed E-state index contributed by atoms with van der Waals surface area (Å²) in [5.74, 6) is -0.963. The third-order valence-corrected chi connectivity index (χ3v) is 2.39. The van der Waals surface area contributed by atoms with Gasteiger partial charge in [-0.25, -0.2) is 9.78 Å². The standard InChI is InChI=1S/C13H12N2O3/c1-9(11-6-2-3-7-14-11)18-12-10(13(16)17)5-4-8-15-12/h2-9H,1H3,(H,16,17). The van der Waals surface area contributed by atoms with E-state index in [-0.39, 0.29) is 17.5 Å². The number of carboxylic acid groups (broad SMARTS) is 1. The lowest BCUT2D eigenvalue weighted by molar-refractivity contribution is 0.0688. The largest absolute Gasteiger partial charge is 0.477 e. The lowest BCUT2D eigenvalue weighted by Crippen LogP contribution is -2.09. The predicted octanol–water partition coefficient (Wildman–Crippen LogP) is 2.31. The number of nitrogens with zero attached hydrogens (tertiary/aromatic N) is 2. The molecule has 0 aliphatic rings. The van der Waals surface area contributed by atoms with Crippen molar-refractivity contribution in [2.24, 2.45) is 0 Å². The molecule has 2 aromatic heterocycles. The summed E-state index contributed by atoms with van der Waals surface area (Å²) in [6.07, 6.45) is 2.79. The maximum absolute atomic E-state index is 11.0. The molecule has 2 rings (SSSR count). The van der Waals surface area contributed by atoms with Crippen molar-refractivity contribution in [3.05, 3.63) is 54.0 Å². The highest BCUT2D eigenvalue weighted by atomic mass is 16.5. The summed E-state index contributed by atoms with van der Waals surface area (Å²) in [6, 6.07) is 8.48. The Kier molecular flexibility index (Phi) is 3.52. The van der Waals surface area contributed by atoms with Crippen LogP contribution in [0, 0.1) is 0 Å². The van der Waals surface area contributed by atoms with Gasteiger partial charge in [0.2, 0.25) is 5.88 Å². The van der Waals surface area contributed by atoms with Gasteiger partial charge in [0.1, 0.15) is 11.7 Å². The third kappa shape index (κ3) is 2.63. The molecule has 1 atom stereocenters. The van der Waals surface area contributed by atoms with Crippen LogP contribution in [0.15, 0.2) is 42.7 Å². The highest BCUT2D eigenvalue weighted by molar-refractivity contribution is 5.90. The minimum absolute atomic E-state index is 0.0419. The number of hydrogen-bond donors (Lipinski definition) is 1. The van der Waals surface area contributed by atoms with E-state index < -0.39 is 5.97 Å². The van der Waals surface area contributed by atoms with Gasteiger partial charge in [-0.2, -0.15) is 0 Å². The number of ether oxygens (including phenoxy) is 1. The molecule has 0 saturated heterocycles. The molecule has 1 unspecified atom stereocenters. The molecule has 0 aliphatic carbocycles. The lowest BCUT2D eigenvalue weighted by atomic mass is 10.2. The van der Waals surface area contributed by atoms with Crippen LogP contribution in [-0.4, -0.2) is 21.0 Å². The van der Waals surface area contributed by atoms with Gasteiger partial charge in [0.25, 0.3) is 0 Å². The van der Waals surface area contributed by atoms with Crippen LogP contribution in [0.5, 0.6) is 5.88 Å². The first-order valence-electron chi connectivity index (χ1n) is 5.44. The number of pyridine rings is 2. The average molecular weight is 244 g/mol. The molecule has 0 fully saturated rings. The fourth-order valence-corrected chi connectivity index (χ4v) is 1.49. The molecular formula is C13H12N2O3. The zero-order valence-corrected chi connectivity index (χ0v) is 9.78. The Bertz CT molecular complexity index is 543. The molecule has 18 heavy (non-hydrogen) atoms. The van der Waals surface area contributed by atoms with E-state index in [4.69, 9.17) is 9.84 Å². The number of carboxylic acids is 1. The highest BCUT2D eigenvalue weighted by Gasteiger charge is 2.16. The van der Waals surface area contributed by atoms with Crippen LogP contribution in [-0.2, 0) is 0 Å². The molecule has 2 aromatic rings. The van der Waals surface area contributed by atoms with Gasteiger partial charge in [-0.3, -0.25) is 4.98 Å². The van der Waals surface area contributed by atoms with Crippen molar-refractivity contribution in [3.8, 4) is 5.88 Å². The van der Waals surface area contributed by atoms with Gasteiger partial charge in [-0.15, -0.1) is 0 Å². The molecule has 0 saturated carbocycles. The monoisotopic (exact) mass is 244 g/mol. The van der Waals surface area contributed by atoms with E-state index in [2.05, 4.69) is 9.97 Å². The quantitative estimate of drug-likeness (QED) is 0.893. The molecular weight excluding hydrogens is 232 g/mol. The first-order valence-corrected chi connectivity index (χ1v) is 5.44. The van der Waals surface area contributed by atoms with Crippen molar-refractivity contribution in [2.45, 2.75) is 13.0 Å². The van der Waals surface area contributed by atoms with Gasteiger partial charge >= 0.3 is 5.97 Å². The zero-order chi connectivity index (χ0) is 13.0. The minimum Gasteiger partial charge on any atom is -0.477 e. The van der Waals surface area contributed by atoms with Gasteiger partial charge in [-0.05, 0) is 31.2 Å². The summed E-state index contributed by atoms with van der Waals surface area (Å²) in [4.78, 5) is 19.1. The molecule has 0 bridgehead atoms. The lowest BCUT2D eigenvalue weighted by Gasteiger charge is -2.14. The van der Waals surface area contributed by atoms with E-state index in [9.17, 15) is 4.79 Å². The van der Waals surface area contributed by atoms with Crippen LogP contribution in [0.1, 0.15) is 29.1 Å². The second-order valence-corrected chi connectivity index (χ2v) is 3.68. The van der Waals surface area contributed by atoms with E-state index in [0.29, 0.717) is 0 Å². The fourth-order valence-electron chi connectivity index (χ4n) is 1.49. The maximum Gasteiger partial charge on any atom is 0.341 e. The Balaban J connectivity index is 2.22. The Morgan fingerprint density at radius 2 is 2.00 bits per heavy atom. The smallest absolute Gasteiger partial charge is 0.341 e. The first-order chi connectivity index (χ1) is 8.68. The van der Waals surface area contributed by atoms with Crippen LogP contribution < -0.4 is 4.74 Å².